The second kappa shape index (κ2) is 13.5. The van der Waals surface area contributed by atoms with Crippen molar-refractivity contribution >= 4 is 11.0 Å². The highest BCUT2D eigenvalue weighted by atomic mass is 15.5. The number of imidazole rings is 1. The number of aromatic nitrogens is 8. The lowest BCUT2D eigenvalue weighted by atomic mass is 9.88. The predicted molar refractivity (Wildman–Crippen MR) is 193 cm³/mol. The van der Waals surface area contributed by atoms with Crippen LogP contribution in [-0.4, -0.2) is 40.4 Å². The van der Waals surface area contributed by atoms with E-state index in [0.29, 0.717) is 18.3 Å². The number of tetrazole rings is 1. The number of benzene rings is 4. The third-order valence-electron chi connectivity index (χ3n) is 10.3. The van der Waals surface area contributed by atoms with Crippen molar-refractivity contribution in [1.29, 1.82) is 0 Å². The van der Waals surface area contributed by atoms with Crippen molar-refractivity contribution in [3.63, 3.8) is 0 Å². The maximum absolute atomic E-state index is 5.56. The summed E-state index contributed by atoms with van der Waals surface area (Å²) in [7, 11) is 0. The number of nitrogens with zero attached hydrogens (tertiary/aromatic N) is 7. The quantitative estimate of drug-likeness (QED) is 0.168. The highest BCUT2D eigenvalue weighted by Gasteiger charge is 2.29. The Hall–Kier alpha value is -5.50. The zero-order chi connectivity index (χ0) is 33.2. The molecular formula is C41H40N8. The molecule has 8 nitrogen and oxygen atoms in total. The summed E-state index contributed by atoms with van der Waals surface area (Å²) in [6, 6.07) is 38.3. The Balaban J connectivity index is 1.27. The molecule has 1 aliphatic rings. The average Bonchev–Trinajstić information content (AvgIpc) is 3.85. The van der Waals surface area contributed by atoms with Gasteiger partial charge in [0.25, 0.3) is 0 Å². The third kappa shape index (κ3) is 6.03. The second-order valence-electron chi connectivity index (χ2n) is 13.3. The Labute approximate surface area is 286 Å². The second-order valence-corrected chi connectivity index (χ2v) is 13.3. The van der Waals surface area contributed by atoms with Crippen LogP contribution in [0.15, 0.2) is 109 Å². The molecule has 8 heteroatoms. The van der Waals surface area contributed by atoms with Gasteiger partial charge in [0.2, 0.25) is 5.82 Å². The van der Waals surface area contributed by atoms with E-state index >= 15 is 0 Å². The van der Waals surface area contributed by atoms with Crippen LogP contribution in [-0.2, 0) is 6.54 Å². The van der Waals surface area contributed by atoms with Crippen molar-refractivity contribution in [2.24, 2.45) is 0 Å². The Morgan fingerprint density at radius 2 is 1.29 bits per heavy atom. The van der Waals surface area contributed by atoms with E-state index < -0.39 is 0 Å². The first-order chi connectivity index (χ1) is 24.2. The Bertz CT molecular complexity index is 2150. The number of rotatable bonds is 9. The molecule has 0 bridgehead atoms. The van der Waals surface area contributed by atoms with Gasteiger partial charge in [-0.3, -0.25) is 0 Å². The molecule has 1 aliphatic carbocycles. The largest absolute Gasteiger partial charge is 0.322 e. The summed E-state index contributed by atoms with van der Waals surface area (Å²) in [6.07, 6.45) is 6.07. The highest BCUT2D eigenvalue weighted by molar-refractivity contribution is 5.83. The van der Waals surface area contributed by atoms with E-state index in [0.717, 1.165) is 52.0 Å². The molecule has 8 rings (SSSR count). The van der Waals surface area contributed by atoms with Gasteiger partial charge in [-0.25, -0.2) is 4.98 Å². The third-order valence-corrected chi connectivity index (χ3v) is 10.3. The topological polar surface area (TPSA) is 98.1 Å². The van der Waals surface area contributed by atoms with Gasteiger partial charge >= 0.3 is 0 Å². The fraction of sp³-hybridized carbons (Fsp3) is 0.268. The molecule has 0 radical (unpaired) electrons. The normalized spacial score (nSPS) is 15.0. The van der Waals surface area contributed by atoms with Crippen LogP contribution in [0.1, 0.15) is 97.6 Å². The lowest BCUT2D eigenvalue weighted by Gasteiger charge is -2.23. The van der Waals surface area contributed by atoms with Crippen molar-refractivity contribution < 1.29 is 0 Å². The molecule has 1 N–H and O–H groups in total. The van der Waals surface area contributed by atoms with Crippen LogP contribution in [0.3, 0.4) is 0 Å². The molecule has 4 aromatic carbocycles. The first-order valence-corrected chi connectivity index (χ1v) is 17.4. The molecule has 3 heterocycles. The van der Waals surface area contributed by atoms with E-state index in [1.54, 1.807) is 0 Å². The van der Waals surface area contributed by atoms with Gasteiger partial charge in [-0.1, -0.05) is 142 Å². The van der Waals surface area contributed by atoms with Gasteiger partial charge in [-0.15, -0.1) is 10.2 Å². The number of nitrogens with one attached hydrogen (secondary N) is 1. The Morgan fingerprint density at radius 3 is 1.94 bits per heavy atom. The standard InChI is InChI=1S/C41H40N8/c1-27(30-14-6-3-7-15-30)36-38-39(37(44-43-36)28(2)31-16-8-4-9-17-31)49(41(42-38)33-18-10-5-11-19-33)26-29-22-24-32(25-23-29)34-20-12-13-21-35(34)40-45-47-48-46-40/h3-4,6-9,12-17,20-25,27-28,33H,5,10-11,18-19,26H2,1-2H3,(H,45,46,47,48). The van der Waals surface area contributed by atoms with Gasteiger partial charge < -0.3 is 4.57 Å². The number of aromatic amines is 1. The average molecular weight is 645 g/mol. The molecule has 0 amide bonds. The van der Waals surface area contributed by atoms with Crippen LogP contribution >= 0.6 is 0 Å². The smallest absolute Gasteiger partial charge is 0.205 e. The van der Waals surface area contributed by atoms with E-state index in [1.165, 1.54) is 41.8 Å². The number of hydrogen-bond donors (Lipinski definition) is 1. The summed E-state index contributed by atoms with van der Waals surface area (Å²) in [4.78, 5) is 5.56. The van der Waals surface area contributed by atoms with Gasteiger partial charge in [0.05, 0.1) is 16.9 Å². The lowest BCUT2D eigenvalue weighted by molar-refractivity contribution is 0.420. The van der Waals surface area contributed by atoms with Crippen molar-refractivity contribution in [2.45, 2.75) is 70.3 Å². The van der Waals surface area contributed by atoms with E-state index in [1.807, 2.05) is 18.2 Å². The van der Waals surface area contributed by atoms with E-state index in [-0.39, 0.29) is 11.8 Å². The SMILES string of the molecule is CC(c1ccccc1)c1nnc(C(C)c2ccccc2)c2c1nc(C1CCCCC1)n2Cc1ccc(-c2ccccc2-c2nn[nH]n2)cc1. The molecule has 0 aliphatic heterocycles. The molecule has 0 spiro atoms. The van der Waals surface area contributed by atoms with Crippen LogP contribution in [0, 0.1) is 0 Å². The van der Waals surface area contributed by atoms with E-state index in [9.17, 15) is 0 Å². The molecule has 2 unspecified atom stereocenters. The van der Waals surface area contributed by atoms with Crippen LogP contribution in [0.5, 0.6) is 0 Å². The van der Waals surface area contributed by atoms with Gasteiger partial charge in [0.1, 0.15) is 11.3 Å². The molecular weight excluding hydrogens is 605 g/mol. The Kier molecular flexibility index (Phi) is 8.52. The fourth-order valence-electron chi connectivity index (χ4n) is 7.50. The number of hydrogen-bond acceptors (Lipinski definition) is 6. The Morgan fingerprint density at radius 1 is 0.673 bits per heavy atom. The minimum atomic E-state index is 0.0518. The molecule has 1 saturated carbocycles. The van der Waals surface area contributed by atoms with Crippen molar-refractivity contribution in [2.75, 3.05) is 0 Å². The molecule has 0 saturated heterocycles. The summed E-state index contributed by atoms with van der Waals surface area (Å²) < 4.78 is 2.48. The van der Waals surface area contributed by atoms with Crippen LogP contribution in [0.4, 0.5) is 0 Å². The van der Waals surface area contributed by atoms with Crippen LogP contribution in [0.2, 0.25) is 0 Å². The number of fused-ring (bicyclic) bond motifs is 1. The summed E-state index contributed by atoms with van der Waals surface area (Å²) >= 11 is 0. The fourth-order valence-corrected chi connectivity index (χ4v) is 7.50. The number of H-pyrrole nitrogens is 1. The van der Waals surface area contributed by atoms with Gasteiger partial charge in [0.15, 0.2) is 0 Å². The molecule has 244 valence electrons. The lowest BCUT2D eigenvalue weighted by Crippen LogP contribution is -2.14. The van der Waals surface area contributed by atoms with Gasteiger partial charge in [-0.05, 0) is 45.9 Å². The predicted octanol–water partition coefficient (Wildman–Crippen LogP) is 9.07. The van der Waals surface area contributed by atoms with Crippen molar-refractivity contribution in [3.8, 4) is 22.5 Å². The maximum Gasteiger partial charge on any atom is 0.205 e. The summed E-state index contributed by atoms with van der Waals surface area (Å²) in [6.45, 7) is 5.17. The molecule has 7 aromatic rings. The first kappa shape index (κ1) is 30.8. The summed E-state index contributed by atoms with van der Waals surface area (Å²) in [5.41, 5.74) is 10.8. The van der Waals surface area contributed by atoms with Gasteiger partial charge in [0, 0.05) is 29.9 Å². The molecule has 3 aromatic heterocycles. The van der Waals surface area contributed by atoms with Gasteiger partial charge in [-0.2, -0.15) is 15.4 Å². The molecule has 1 fully saturated rings. The molecule has 2 atom stereocenters. The van der Waals surface area contributed by atoms with E-state index in [4.69, 9.17) is 15.2 Å². The van der Waals surface area contributed by atoms with E-state index in [2.05, 4.69) is 130 Å². The minimum Gasteiger partial charge on any atom is -0.322 e. The highest BCUT2D eigenvalue weighted by Crippen LogP contribution is 2.39. The monoisotopic (exact) mass is 644 g/mol. The van der Waals surface area contributed by atoms with Crippen LogP contribution in [0.25, 0.3) is 33.5 Å². The zero-order valence-electron chi connectivity index (χ0n) is 28.0. The summed E-state index contributed by atoms with van der Waals surface area (Å²) in [5, 5.41) is 24.9. The minimum absolute atomic E-state index is 0.0518. The molecule has 49 heavy (non-hydrogen) atoms. The maximum atomic E-state index is 5.56. The van der Waals surface area contributed by atoms with Crippen molar-refractivity contribution in [1.82, 2.24) is 40.4 Å². The van der Waals surface area contributed by atoms with Crippen molar-refractivity contribution in [3.05, 3.63) is 143 Å². The summed E-state index contributed by atoms with van der Waals surface area (Å²) in [5.74, 6) is 2.26. The zero-order valence-corrected chi connectivity index (χ0v) is 28.0. The first-order valence-electron chi connectivity index (χ1n) is 17.4. The van der Waals surface area contributed by atoms with Crippen LogP contribution < -0.4 is 0 Å².